The Balaban J connectivity index is 2.14. The SMILES string of the molecule is NC1=NCN(c2cccnc2)c2cc(C(F)(F)F)ccc21. The molecule has 3 rings (SSSR count). The first kappa shape index (κ1) is 13.4. The lowest BCUT2D eigenvalue weighted by molar-refractivity contribution is -0.137. The van der Waals surface area contributed by atoms with E-state index < -0.39 is 11.7 Å². The van der Waals surface area contributed by atoms with Gasteiger partial charge in [-0.3, -0.25) is 4.98 Å². The van der Waals surface area contributed by atoms with Gasteiger partial charge >= 0.3 is 6.18 Å². The number of aliphatic imine (C=N–C) groups is 1. The number of anilines is 2. The van der Waals surface area contributed by atoms with Crippen LogP contribution in [0.1, 0.15) is 11.1 Å². The van der Waals surface area contributed by atoms with E-state index in [9.17, 15) is 13.2 Å². The van der Waals surface area contributed by atoms with Gasteiger partial charge in [0.05, 0.1) is 23.1 Å². The zero-order valence-corrected chi connectivity index (χ0v) is 10.8. The molecule has 0 saturated heterocycles. The van der Waals surface area contributed by atoms with Crippen molar-refractivity contribution in [3.05, 3.63) is 53.9 Å². The third-order valence-corrected chi connectivity index (χ3v) is 3.23. The highest BCUT2D eigenvalue weighted by Gasteiger charge is 2.32. The molecular weight excluding hydrogens is 281 g/mol. The predicted octanol–water partition coefficient (Wildman–Crippen LogP) is 2.91. The van der Waals surface area contributed by atoms with Crippen molar-refractivity contribution < 1.29 is 13.2 Å². The van der Waals surface area contributed by atoms with Crippen molar-refractivity contribution in [1.82, 2.24) is 4.98 Å². The molecular formula is C14H11F3N4. The molecule has 0 unspecified atom stereocenters. The molecule has 4 nitrogen and oxygen atoms in total. The molecule has 2 aromatic rings. The average Bonchev–Trinajstić information content (AvgIpc) is 2.47. The van der Waals surface area contributed by atoms with Crippen LogP contribution in [0.3, 0.4) is 0 Å². The molecule has 0 bridgehead atoms. The van der Waals surface area contributed by atoms with Crippen LogP contribution in [0.4, 0.5) is 24.5 Å². The van der Waals surface area contributed by atoms with E-state index in [-0.39, 0.29) is 12.5 Å². The minimum absolute atomic E-state index is 0.159. The number of fused-ring (bicyclic) bond motifs is 1. The molecule has 1 aromatic heterocycles. The van der Waals surface area contributed by atoms with Crippen LogP contribution in [0.2, 0.25) is 0 Å². The first-order valence-corrected chi connectivity index (χ1v) is 6.16. The second kappa shape index (κ2) is 4.76. The van der Waals surface area contributed by atoms with E-state index in [0.29, 0.717) is 16.9 Å². The summed E-state index contributed by atoms with van der Waals surface area (Å²) in [5.74, 6) is 0.235. The van der Waals surface area contributed by atoms with Gasteiger partial charge in [0.15, 0.2) is 0 Å². The van der Waals surface area contributed by atoms with Crippen molar-refractivity contribution in [2.24, 2.45) is 10.7 Å². The molecule has 0 saturated carbocycles. The Kier molecular flexibility index (Phi) is 3.04. The van der Waals surface area contributed by atoms with Crippen LogP contribution in [-0.4, -0.2) is 17.5 Å². The van der Waals surface area contributed by atoms with Crippen molar-refractivity contribution in [1.29, 1.82) is 0 Å². The van der Waals surface area contributed by atoms with Gasteiger partial charge in [-0.2, -0.15) is 13.2 Å². The van der Waals surface area contributed by atoms with Gasteiger partial charge in [0.25, 0.3) is 0 Å². The highest BCUT2D eigenvalue weighted by Crippen LogP contribution is 2.37. The number of amidine groups is 1. The molecule has 1 aromatic carbocycles. The first-order valence-electron chi connectivity index (χ1n) is 6.16. The fourth-order valence-corrected chi connectivity index (χ4v) is 2.19. The van der Waals surface area contributed by atoms with Crippen LogP contribution in [0.25, 0.3) is 0 Å². The third-order valence-electron chi connectivity index (χ3n) is 3.23. The number of alkyl halides is 3. The minimum atomic E-state index is -4.40. The van der Waals surface area contributed by atoms with E-state index in [2.05, 4.69) is 9.98 Å². The molecule has 0 aliphatic carbocycles. The van der Waals surface area contributed by atoms with Gasteiger partial charge in [0, 0.05) is 11.8 Å². The van der Waals surface area contributed by atoms with E-state index in [1.807, 2.05) is 0 Å². The van der Waals surface area contributed by atoms with Crippen LogP contribution < -0.4 is 10.6 Å². The predicted molar refractivity (Wildman–Crippen MR) is 73.4 cm³/mol. The molecule has 1 aliphatic rings. The summed E-state index contributed by atoms with van der Waals surface area (Å²) in [4.78, 5) is 9.76. The number of hydrogen-bond acceptors (Lipinski definition) is 4. The lowest BCUT2D eigenvalue weighted by Crippen LogP contribution is -2.29. The normalized spacial score (nSPS) is 14.6. The van der Waals surface area contributed by atoms with Crippen LogP contribution in [0.5, 0.6) is 0 Å². The summed E-state index contributed by atoms with van der Waals surface area (Å²) >= 11 is 0. The molecule has 0 spiro atoms. The Labute approximate surface area is 118 Å². The highest BCUT2D eigenvalue weighted by molar-refractivity contribution is 6.04. The van der Waals surface area contributed by atoms with Gasteiger partial charge in [-0.05, 0) is 30.3 Å². The summed E-state index contributed by atoms with van der Waals surface area (Å²) in [6.07, 6.45) is -1.24. The maximum atomic E-state index is 12.9. The lowest BCUT2D eigenvalue weighted by Gasteiger charge is -2.29. The van der Waals surface area contributed by atoms with Crippen LogP contribution in [0, 0.1) is 0 Å². The molecule has 7 heteroatoms. The number of nitrogens with two attached hydrogens (primary N) is 1. The zero-order valence-electron chi connectivity index (χ0n) is 10.8. The fourth-order valence-electron chi connectivity index (χ4n) is 2.19. The number of benzene rings is 1. The van der Waals surface area contributed by atoms with E-state index in [4.69, 9.17) is 5.73 Å². The topological polar surface area (TPSA) is 54.5 Å². The molecule has 0 fully saturated rings. The van der Waals surface area contributed by atoms with Crippen molar-refractivity contribution in [3.8, 4) is 0 Å². The number of nitrogens with zero attached hydrogens (tertiary/aromatic N) is 3. The summed E-state index contributed by atoms with van der Waals surface area (Å²) in [6.45, 7) is 0.159. The first-order chi connectivity index (χ1) is 9.97. The molecule has 21 heavy (non-hydrogen) atoms. The van der Waals surface area contributed by atoms with E-state index in [0.717, 1.165) is 12.1 Å². The molecule has 0 atom stereocenters. The molecule has 0 amide bonds. The number of pyridine rings is 1. The largest absolute Gasteiger partial charge is 0.416 e. The Bertz CT molecular complexity index is 695. The van der Waals surface area contributed by atoms with Crippen LogP contribution >= 0.6 is 0 Å². The summed E-state index contributed by atoms with van der Waals surface area (Å²) < 4.78 is 38.7. The summed E-state index contributed by atoms with van der Waals surface area (Å²) in [7, 11) is 0. The van der Waals surface area contributed by atoms with E-state index >= 15 is 0 Å². The van der Waals surface area contributed by atoms with Crippen molar-refractivity contribution in [2.45, 2.75) is 6.18 Å². The Morgan fingerprint density at radius 2 is 2.00 bits per heavy atom. The zero-order chi connectivity index (χ0) is 15.0. The van der Waals surface area contributed by atoms with Gasteiger partial charge in [0.1, 0.15) is 12.5 Å². The van der Waals surface area contributed by atoms with Crippen molar-refractivity contribution in [2.75, 3.05) is 11.6 Å². The lowest BCUT2D eigenvalue weighted by atomic mass is 10.1. The Morgan fingerprint density at radius 3 is 2.67 bits per heavy atom. The quantitative estimate of drug-likeness (QED) is 0.879. The maximum absolute atomic E-state index is 12.9. The van der Waals surface area contributed by atoms with Gasteiger partial charge in [-0.1, -0.05) is 0 Å². The monoisotopic (exact) mass is 292 g/mol. The molecule has 2 heterocycles. The average molecular weight is 292 g/mol. The smallest absolute Gasteiger partial charge is 0.383 e. The van der Waals surface area contributed by atoms with Gasteiger partial charge in [-0.25, -0.2) is 4.99 Å². The van der Waals surface area contributed by atoms with Crippen molar-refractivity contribution >= 4 is 17.2 Å². The van der Waals surface area contributed by atoms with Crippen LogP contribution in [-0.2, 0) is 6.18 Å². The fraction of sp³-hybridized carbons (Fsp3) is 0.143. The maximum Gasteiger partial charge on any atom is 0.416 e. The summed E-state index contributed by atoms with van der Waals surface area (Å²) in [5.41, 5.74) is 6.58. The van der Waals surface area contributed by atoms with Crippen molar-refractivity contribution in [3.63, 3.8) is 0 Å². The van der Waals surface area contributed by atoms with Gasteiger partial charge in [0.2, 0.25) is 0 Å². The van der Waals surface area contributed by atoms with E-state index in [1.165, 1.54) is 6.07 Å². The Morgan fingerprint density at radius 1 is 1.19 bits per heavy atom. The summed E-state index contributed by atoms with van der Waals surface area (Å²) in [6, 6.07) is 6.91. The number of aromatic nitrogens is 1. The third kappa shape index (κ3) is 2.42. The second-order valence-corrected chi connectivity index (χ2v) is 4.55. The second-order valence-electron chi connectivity index (χ2n) is 4.55. The van der Waals surface area contributed by atoms with E-state index in [1.54, 1.807) is 29.4 Å². The molecule has 0 radical (unpaired) electrons. The molecule has 1 aliphatic heterocycles. The highest BCUT2D eigenvalue weighted by atomic mass is 19.4. The molecule has 2 N–H and O–H groups in total. The standard InChI is InChI=1S/C14H11F3N4/c15-14(16,17)9-3-4-11-12(6-9)21(8-20-13(11)18)10-2-1-5-19-7-10/h1-7H,8H2,(H2,18,20). The van der Waals surface area contributed by atoms with Gasteiger partial charge < -0.3 is 10.6 Å². The summed E-state index contributed by atoms with van der Waals surface area (Å²) in [5, 5.41) is 0. The van der Waals surface area contributed by atoms with Gasteiger partial charge in [-0.15, -0.1) is 0 Å². The Hall–Kier alpha value is -2.57. The number of rotatable bonds is 1. The number of hydrogen-bond donors (Lipinski definition) is 1. The van der Waals surface area contributed by atoms with Crippen LogP contribution in [0.15, 0.2) is 47.7 Å². The minimum Gasteiger partial charge on any atom is -0.383 e. The molecule has 108 valence electrons. The number of halogens is 3.